The lowest BCUT2D eigenvalue weighted by molar-refractivity contribution is 0.266. The minimum absolute atomic E-state index is 0.757. The highest BCUT2D eigenvalue weighted by Crippen LogP contribution is 2.25. The number of hydrogen-bond donors (Lipinski definition) is 0. The van der Waals surface area contributed by atoms with E-state index in [0.717, 1.165) is 54.5 Å². The van der Waals surface area contributed by atoms with E-state index in [0.29, 0.717) is 0 Å². The highest BCUT2D eigenvalue weighted by Gasteiger charge is 2.03. The topological polar surface area (TPSA) is 25.4 Å². The van der Waals surface area contributed by atoms with Gasteiger partial charge in [-0.25, -0.2) is 4.98 Å². The summed E-state index contributed by atoms with van der Waals surface area (Å²) >= 11 is 1.71. The van der Waals surface area contributed by atoms with Gasteiger partial charge in [-0.05, 0) is 62.8 Å². The van der Waals surface area contributed by atoms with Crippen molar-refractivity contribution in [3.63, 3.8) is 0 Å². The predicted octanol–water partition coefficient (Wildman–Crippen LogP) is 5.97. The first-order chi connectivity index (χ1) is 13.3. The molecule has 0 aliphatic heterocycles. The van der Waals surface area contributed by atoms with Gasteiger partial charge in [0.05, 0.1) is 16.8 Å². The third-order valence-corrected chi connectivity index (χ3v) is 5.66. The number of fused-ring (bicyclic) bond motifs is 1. The summed E-state index contributed by atoms with van der Waals surface area (Å²) < 4.78 is 7.26. The van der Waals surface area contributed by atoms with Crippen LogP contribution in [0.3, 0.4) is 0 Å². The van der Waals surface area contributed by atoms with E-state index >= 15 is 0 Å². The smallest absolute Gasteiger partial charge is 0.126 e. The minimum atomic E-state index is 0.757. The van der Waals surface area contributed by atoms with Crippen LogP contribution in [-0.4, -0.2) is 36.1 Å². The lowest BCUT2D eigenvalue weighted by Crippen LogP contribution is -2.24. The molecule has 0 aliphatic carbocycles. The molecule has 3 nitrogen and oxygen atoms in total. The maximum Gasteiger partial charge on any atom is 0.126 e. The Labute approximate surface area is 166 Å². The van der Waals surface area contributed by atoms with Crippen LogP contribution in [0, 0.1) is 0 Å². The van der Waals surface area contributed by atoms with Crippen molar-refractivity contribution in [2.45, 2.75) is 26.7 Å². The Kier molecular flexibility index (Phi) is 7.43. The molecule has 0 fully saturated rings. The van der Waals surface area contributed by atoms with Gasteiger partial charge in [0.25, 0.3) is 0 Å². The third-order valence-electron chi connectivity index (χ3n) is 4.66. The minimum Gasteiger partial charge on any atom is -0.493 e. The standard InChI is InChI=1S/C23H28N2OS/c1-3-25(4-2)17-9-10-18-26-21-13-7-5-11-19(21)15-16-23-24-20-12-6-8-14-22(20)27-23/h5-8,11-16H,3-4,9-10,17-18H2,1-2H3/b16-15+. The van der Waals surface area contributed by atoms with Gasteiger partial charge in [-0.15, -0.1) is 11.3 Å². The summed E-state index contributed by atoms with van der Waals surface area (Å²) in [4.78, 5) is 7.12. The molecule has 0 saturated carbocycles. The predicted molar refractivity (Wildman–Crippen MR) is 118 cm³/mol. The first kappa shape index (κ1) is 19.6. The molecule has 0 saturated heterocycles. The van der Waals surface area contributed by atoms with Crippen molar-refractivity contribution in [2.75, 3.05) is 26.2 Å². The van der Waals surface area contributed by atoms with Crippen LogP contribution in [0.25, 0.3) is 22.4 Å². The number of ether oxygens (including phenoxy) is 1. The van der Waals surface area contributed by atoms with E-state index in [1.54, 1.807) is 11.3 Å². The second-order valence-electron chi connectivity index (χ2n) is 6.47. The molecule has 0 radical (unpaired) electrons. The van der Waals surface area contributed by atoms with Crippen LogP contribution in [0.2, 0.25) is 0 Å². The lowest BCUT2D eigenvalue weighted by atomic mass is 10.2. The summed E-state index contributed by atoms with van der Waals surface area (Å²) in [5.74, 6) is 0.942. The van der Waals surface area contributed by atoms with E-state index in [1.807, 2.05) is 24.3 Å². The molecule has 3 rings (SSSR count). The van der Waals surface area contributed by atoms with Crippen molar-refractivity contribution >= 4 is 33.7 Å². The van der Waals surface area contributed by atoms with Crippen molar-refractivity contribution < 1.29 is 4.74 Å². The number of para-hydroxylation sites is 2. The molecular formula is C23H28N2OS. The van der Waals surface area contributed by atoms with Crippen molar-refractivity contribution in [1.29, 1.82) is 0 Å². The van der Waals surface area contributed by atoms with Gasteiger partial charge < -0.3 is 9.64 Å². The van der Waals surface area contributed by atoms with Gasteiger partial charge in [0.1, 0.15) is 10.8 Å². The summed E-state index contributed by atoms with van der Waals surface area (Å²) in [6.45, 7) is 8.58. The Morgan fingerprint density at radius 3 is 2.56 bits per heavy atom. The zero-order valence-electron chi connectivity index (χ0n) is 16.2. The van der Waals surface area contributed by atoms with Gasteiger partial charge in [-0.1, -0.05) is 44.2 Å². The molecule has 0 amide bonds. The number of unbranched alkanes of at least 4 members (excludes halogenated alkanes) is 1. The molecule has 0 N–H and O–H groups in total. The van der Waals surface area contributed by atoms with Gasteiger partial charge in [0.15, 0.2) is 0 Å². The Bertz CT molecular complexity index is 834. The number of nitrogens with zero attached hydrogens (tertiary/aromatic N) is 2. The lowest BCUT2D eigenvalue weighted by Gasteiger charge is -2.17. The molecule has 1 aromatic heterocycles. The van der Waals surface area contributed by atoms with Crippen LogP contribution >= 0.6 is 11.3 Å². The molecule has 27 heavy (non-hydrogen) atoms. The summed E-state index contributed by atoms with van der Waals surface area (Å²) in [5.41, 5.74) is 2.15. The highest BCUT2D eigenvalue weighted by atomic mass is 32.1. The van der Waals surface area contributed by atoms with Crippen molar-refractivity contribution in [3.8, 4) is 5.75 Å². The molecule has 0 spiro atoms. The number of thiazole rings is 1. The average Bonchev–Trinajstić information content (AvgIpc) is 3.13. The maximum absolute atomic E-state index is 6.05. The van der Waals surface area contributed by atoms with Crippen molar-refractivity contribution in [3.05, 3.63) is 59.1 Å². The van der Waals surface area contributed by atoms with Gasteiger partial charge in [0, 0.05) is 5.56 Å². The van der Waals surface area contributed by atoms with Crippen LogP contribution in [0.4, 0.5) is 0 Å². The van der Waals surface area contributed by atoms with Crippen molar-refractivity contribution in [1.82, 2.24) is 9.88 Å². The second-order valence-corrected chi connectivity index (χ2v) is 7.54. The van der Waals surface area contributed by atoms with Crippen LogP contribution in [0.15, 0.2) is 48.5 Å². The Morgan fingerprint density at radius 1 is 0.963 bits per heavy atom. The average molecular weight is 381 g/mol. The quantitative estimate of drug-likeness (QED) is 0.405. The molecule has 1 heterocycles. The monoisotopic (exact) mass is 380 g/mol. The first-order valence-corrected chi connectivity index (χ1v) is 10.6. The number of benzene rings is 2. The van der Waals surface area contributed by atoms with Gasteiger partial charge in [-0.2, -0.15) is 0 Å². The molecule has 0 aliphatic rings. The van der Waals surface area contributed by atoms with Crippen LogP contribution < -0.4 is 4.74 Å². The van der Waals surface area contributed by atoms with E-state index in [1.165, 1.54) is 11.1 Å². The highest BCUT2D eigenvalue weighted by molar-refractivity contribution is 7.19. The summed E-state index contributed by atoms with van der Waals surface area (Å²) in [7, 11) is 0. The number of rotatable bonds is 10. The fourth-order valence-corrected chi connectivity index (χ4v) is 3.90. The van der Waals surface area contributed by atoms with E-state index in [4.69, 9.17) is 4.74 Å². The maximum atomic E-state index is 6.05. The summed E-state index contributed by atoms with van der Waals surface area (Å²) in [6.07, 6.45) is 6.42. The molecular weight excluding hydrogens is 352 g/mol. The van der Waals surface area contributed by atoms with Crippen LogP contribution in [0.5, 0.6) is 5.75 Å². The molecule has 0 bridgehead atoms. The van der Waals surface area contributed by atoms with Crippen LogP contribution in [0.1, 0.15) is 37.3 Å². The molecule has 4 heteroatoms. The van der Waals surface area contributed by atoms with Gasteiger partial charge in [-0.3, -0.25) is 0 Å². The Balaban J connectivity index is 1.57. The molecule has 142 valence electrons. The molecule has 0 atom stereocenters. The van der Waals surface area contributed by atoms with E-state index in [9.17, 15) is 0 Å². The first-order valence-electron chi connectivity index (χ1n) is 9.78. The second kappa shape index (κ2) is 10.2. The Hall–Kier alpha value is -2.17. The summed E-state index contributed by atoms with van der Waals surface area (Å²) in [6, 6.07) is 16.5. The van der Waals surface area contributed by atoms with E-state index < -0.39 is 0 Å². The van der Waals surface area contributed by atoms with Crippen LogP contribution in [-0.2, 0) is 0 Å². The normalized spacial score (nSPS) is 11.7. The van der Waals surface area contributed by atoms with E-state index in [2.05, 4.69) is 60.1 Å². The summed E-state index contributed by atoms with van der Waals surface area (Å²) in [5, 5.41) is 1.02. The number of hydrogen-bond acceptors (Lipinski definition) is 4. The van der Waals surface area contributed by atoms with Gasteiger partial charge >= 0.3 is 0 Å². The zero-order chi connectivity index (χ0) is 18.9. The fraction of sp³-hybridized carbons (Fsp3) is 0.348. The largest absolute Gasteiger partial charge is 0.493 e. The molecule has 2 aromatic carbocycles. The molecule has 3 aromatic rings. The Morgan fingerprint density at radius 2 is 1.74 bits per heavy atom. The van der Waals surface area contributed by atoms with Gasteiger partial charge in [0.2, 0.25) is 0 Å². The third kappa shape index (κ3) is 5.65. The molecule has 0 unspecified atom stereocenters. The van der Waals surface area contributed by atoms with E-state index in [-0.39, 0.29) is 0 Å². The van der Waals surface area contributed by atoms with Crippen molar-refractivity contribution in [2.24, 2.45) is 0 Å². The SMILES string of the molecule is CCN(CC)CCCCOc1ccccc1/C=C/c1nc2ccccc2s1. The zero-order valence-corrected chi connectivity index (χ0v) is 17.0. The fourth-order valence-electron chi connectivity index (χ4n) is 3.03. The number of aromatic nitrogens is 1.